The number of esters is 2. The van der Waals surface area contributed by atoms with Crippen LogP contribution in [0.15, 0.2) is 0 Å². The summed E-state index contributed by atoms with van der Waals surface area (Å²) in [5, 5.41) is 5.15. The summed E-state index contributed by atoms with van der Waals surface area (Å²) in [5.41, 5.74) is -0.641. The second-order valence-corrected chi connectivity index (χ2v) is 5.30. The van der Waals surface area contributed by atoms with Crippen molar-refractivity contribution in [1.82, 2.24) is 10.6 Å². The van der Waals surface area contributed by atoms with Crippen molar-refractivity contribution in [1.29, 1.82) is 0 Å². The largest absolute Gasteiger partial charge is 0.444 e. The van der Waals surface area contributed by atoms with Crippen molar-refractivity contribution >= 4 is 30.4 Å². The van der Waals surface area contributed by atoms with Crippen LogP contribution in [0, 0.1) is 0 Å². The van der Waals surface area contributed by atoms with Gasteiger partial charge in [-0.15, -0.1) is 12.4 Å². The SMILES string of the molecule is CC(C)(C)OC(=O)NCC(=O)OC(=O)[C@@H]1CCCN1.Cl. The Morgan fingerprint density at radius 2 is 1.95 bits per heavy atom. The third-order valence-corrected chi connectivity index (χ3v) is 2.34. The van der Waals surface area contributed by atoms with Crippen molar-refractivity contribution in [3.8, 4) is 0 Å². The van der Waals surface area contributed by atoms with Crippen molar-refractivity contribution in [2.24, 2.45) is 0 Å². The van der Waals surface area contributed by atoms with Gasteiger partial charge in [0.1, 0.15) is 18.2 Å². The first kappa shape index (κ1) is 18.7. The number of carbonyl (C=O) groups is 3. The number of alkyl carbamates (subject to hydrolysis) is 1. The molecule has 1 aliphatic rings. The molecule has 1 aliphatic heterocycles. The Morgan fingerprint density at radius 3 is 2.45 bits per heavy atom. The van der Waals surface area contributed by atoms with Gasteiger partial charge in [0.05, 0.1) is 0 Å². The van der Waals surface area contributed by atoms with Crippen LogP contribution in [0.1, 0.15) is 33.6 Å². The summed E-state index contributed by atoms with van der Waals surface area (Å²) in [6, 6.07) is -0.425. The highest BCUT2D eigenvalue weighted by molar-refractivity contribution is 5.90. The zero-order valence-corrected chi connectivity index (χ0v) is 12.7. The Labute approximate surface area is 124 Å². The van der Waals surface area contributed by atoms with Gasteiger partial charge in [-0.3, -0.25) is 0 Å². The molecule has 116 valence electrons. The van der Waals surface area contributed by atoms with Crippen molar-refractivity contribution in [3.63, 3.8) is 0 Å². The molecule has 0 saturated carbocycles. The number of nitrogens with one attached hydrogen (secondary N) is 2. The number of rotatable bonds is 3. The first-order chi connectivity index (χ1) is 8.78. The van der Waals surface area contributed by atoms with E-state index in [4.69, 9.17) is 4.74 Å². The Hall–Kier alpha value is -1.34. The molecule has 1 rings (SSSR count). The molecule has 0 unspecified atom stereocenters. The van der Waals surface area contributed by atoms with E-state index in [0.717, 1.165) is 13.0 Å². The van der Waals surface area contributed by atoms with Gasteiger partial charge in [0, 0.05) is 0 Å². The van der Waals surface area contributed by atoms with Crippen molar-refractivity contribution < 1.29 is 23.9 Å². The van der Waals surface area contributed by atoms with Crippen LogP contribution in [-0.2, 0) is 19.1 Å². The van der Waals surface area contributed by atoms with Gasteiger partial charge in [0.2, 0.25) is 0 Å². The monoisotopic (exact) mass is 308 g/mol. The molecule has 0 aliphatic carbocycles. The minimum absolute atomic E-state index is 0. The number of amides is 1. The van der Waals surface area contributed by atoms with Crippen molar-refractivity contribution in [2.45, 2.75) is 45.3 Å². The lowest BCUT2D eigenvalue weighted by atomic mass is 10.2. The third-order valence-electron chi connectivity index (χ3n) is 2.34. The maximum atomic E-state index is 11.5. The molecule has 7 nitrogen and oxygen atoms in total. The molecule has 0 radical (unpaired) electrons. The smallest absolute Gasteiger partial charge is 0.408 e. The molecule has 0 bridgehead atoms. The Kier molecular flexibility index (Phi) is 7.52. The highest BCUT2D eigenvalue weighted by Gasteiger charge is 2.26. The van der Waals surface area contributed by atoms with Gasteiger partial charge in [-0.05, 0) is 40.2 Å². The molecular formula is C12H21ClN2O5. The van der Waals surface area contributed by atoms with E-state index in [2.05, 4.69) is 15.4 Å². The van der Waals surface area contributed by atoms with Gasteiger partial charge < -0.3 is 20.1 Å². The quantitative estimate of drug-likeness (QED) is 0.590. The first-order valence-electron chi connectivity index (χ1n) is 6.23. The fraction of sp³-hybridized carbons (Fsp3) is 0.750. The normalized spacial score (nSPS) is 17.9. The predicted octanol–water partition coefficient (Wildman–Crippen LogP) is 0.755. The molecular weight excluding hydrogens is 288 g/mol. The van der Waals surface area contributed by atoms with E-state index in [9.17, 15) is 14.4 Å². The fourth-order valence-corrected chi connectivity index (χ4v) is 1.56. The number of hydrogen-bond donors (Lipinski definition) is 2. The number of hydrogen-bond acceptors (Lipinski definition) is 6. The molecule has 0 aromatic heterocycles. The molecule has 8 heteroatoms. The summed E-state index contributed by atoms with van der Waals surface area (Å²) < 4.78 is 9.54. The molecule has 2 N–H and O–H groups in total. The maximum Gasteiger partial charge on any atom is 0.408 e. The summed E-state index contributed by atoms with van der Waals surface area (Å²) >= 11 is 0. The predicted molar refractivity (Wildman–Crippen MR) is 73.6 cm³/mol. The molecule has 0 aromatic carbocycles. The lowest BCUT2D eigenvalue weighted by molar-refractivity contribution is -0.160. The molecule has 20 heavy (non-hydrogen) atoms. The van der Waals surface area contributed by atoms with E-state index in [1.54, 1.807) is 20.8 Å². The van der Waals surface area contributed by atoms with E-state index in [0.29, 0.717) is 6.42 Å². The first-order valence-corrected chi connectivity index (χ1v) is 6.23. The fourth-order valence-electron chi connectivity index (χ4n) is 1.56. The number of halogens is 1. The molecule has 1 heterocycles. The van der Waals surface area contributed by atoms with Crippen molar-refractivity contribution in [2.75, 3.05) is 13.1 Å². The van der Waals surface area contributed by atoms with Crippen LogP contribution in [-0.4, -0.2) is 42.8 Å². The minimum atomic E-state index is -0.801. The Balaban J connectivity index is 0.00000361. The molecule has 1 atom stereocenters. The number of ether oxygens (including phenoxy) is 2. The van der Waals surface area contributed by atoms with Crippen molar-refractivity contribution in [3.05, 3.63) is 0 Å². The second kappa shape index (κ2) is 8.06. The van der Waals surface area contributed by atoms with Gasteiger partial charge in [0.25, 0.3) is 0 Å². The van der Waals surface area contributed by atoms with Gasteiger partial charge >= 0.3 is 18.0 Å². The van der Waals surface area contributed by atoms with Gasteiger partial charge in [0.15, 0.2) is 0 Å². The van der Waals surface area contributed by atoms with Gasteiger partial charge in [-0.25, -0.2) is 14.4 Å². The summed E-state index contributed by atoms with van der Waals surface area (Å²) in [5.74, 6) is -1.40. The summed E-state index contributed by atoms with van der Waals surface area (Å²) in [6.45, 7) is 5.47. The van der Waals surface area contributed by atoms with Crippen LogP contribution >= 0.6 is 12.4 Å². The topological polar surface area (TPSA) is 93.7 Å². The van der Waals surface area contributed by atoms with E-state index >= 15 is 0 Å². The van der Waals surface area contributed by atoms with Crippen LogP contribution in [0.2, 0.25) is 0 Å². The molecule has 1 amide bonds. The van der Waals surface area contributed by atoms with Crippen LogP contribution in [0.3, 0.4) is 0 Å². The highest BCUT2D eigenvalue weighted by Crippen LogP contribution is 2.07. The Bertz CT molecular complexity index is 361. The van der Waals surface area contributed by atoms with Crippen LogP contribution in [0.5, 0.6) is 0 Å². The van der Waals surface area contributed by atoms with Gasteiger partial charge in [-0.2, -0.15) is 0 Å². The summed E-state index contributed by atoms with van der Waals surface area (Å²) in [7, 11) is 0. The molecule has 0 aromatic rings. The van der Waals surface area contributed by atoms with Gasteiger partial charge in [-0.1, -0.05) is 0 Å². The lowest BCUT2D eigenvalue weighted by Gasteiger charge is -2.19. The molecule has 0 spiro atoms. The van der Waals surface area contributed by atoms with E-state index in [1.165, 1.54) is 0 Å². The van der Waals surface area contributed by atoms with Crippen LogP contribution in [0.4, 0.5) is 4.79 Å². The molecule has 1 fully saturated rings. The second-order valence-electron chi connectivity index (χ2n) is 5.30. The lowest BCUT2D eigenvalue weighted by Crippen LogP contribution is -2.39. The van der Waals surface area contributed by atoms with E-state index < -0.39 is 36.2 Å². The van der Waals surface area contributed by atoms with E-state index in [-0.39, 0.29) is 12.4 Å². The maximum absolute atomic E-state index is 11.5. The minimum Gasteiger partial charge on any atom is -0.444 e. The Morgan fingerprint density at radius 1 is 1.30 bits per heavy atom. The summed E-state index contributed by atoms with van der Waals surface area (Å²) in [6.07, 6.45) is 0.811. The number of carbonyl (C=O) groups excluding carboxylic acids is 3. The standard InChI is InChI=1S/C12H20N2O5.ClH/c1-12(2,3)19-11(17)14-7-9(15)18-10(16)8-5-4-6-13-8;/h8,13H,4-7H2,1-3H3,(H,14,17);1H/t8-;/m0./s1. The zero-order valence-electron chi connectivity index (χ0n) is 11.9. The van der Waals surface area contributed by atoms with Crippen LogP contribution < -0.4 is 10.6 Å². The van der Waals surface area contributed by atoms with E-state index in [1.807, 2.05) is 0 Å². The molecule has 1 saturated heterocycles. The highest BCUT2D eigenvalue weighted by atomic mass is 35.5. The van der Waals surface area contributed by atoms with Crippen LogP contribution in [0.25, 0.3) is 0 Å². The zero-order chi connectivity index (χ0) is 14.5. The third kappa shape index (κ3) is 7.30. The summed E-state index contributed by atoms with van der Waals surface area (Å²) in [4.78, 5) is 34.1. The average Bonchev–Trinajstić information content (AvgIpc) is 2.77. The average molecular weight is 309 g/mol.